The number of hydrogen-bond donors (Lipinski definition) is 1. The third kappa shape index (κ3) is 3.22. The van der Waals surface area contributed by atoms with E-state index < -0.39 is 0 Å². The molecule has 1 aromatic rings. The molecule has 0 atom stereocenters. The van der Waals surface area contributed by atoms with Crippen LogP contribution in [-0.2, 0) is 6.42 Å². The first-order valence-electron chi connectivity index (χ1n) is 6.87. The highest BCUT2D eigenvalue weighted by Gasteiger charge is 2.17. The van der Waals surface area contributed by atoms with Crippen LogP contribution in [0, 0.1) is 5.92 Å². The Labute approximate surface area is 105 Å². The maximum absolute atomic E-state index is 5.56. The second-order valence-corrected chi connectivity index (χ2v) is 5.04. The van der Waals surface area contributed by atoms with Gasteiger partial charge in [-0.25, -0.2) is 0 Å². The smallest absolute Gasteiger partial charge is 0.0366 e. The lowest BCUT2D eigenvalue weighted by Crippen LogP contribution is -2.33. The van der Waals surface area contributed by atoms with E-state index in [1.165, 1.54) is 43.6 Å². The van der Waals surface area contributed by atoms with Gasteiger partial charge in [-0.2, -0.15) is 0 Å². The zero-order valence-corrected chi connectivity index (χ0v) is 10.9. The number of hydrogen-bond acceptors (Lipinski definition) is 2. The average molecular weight is 232 g/mol. The maximum Gasteiger partial charge on any atom is 0.0366 e. The fourth-order valence-electron chi connectivity index (χ4n) is 2.64. The van der Waals surface area contributed by atoms with Crippen LogP contribution < -0.4 is 10.6 Å². The minimum Gasteiger partial charge on any atom is -0.372 e. The zero-order valence-electron chi connectivity index (χ0n) is 10.9. The molecule has 0 bridgehead atoms. The van der Waals surface area contributed by atoms with E-state index in [4.69, 9.17) is 5.73 Å². The Kier molecular flexibility index (Phi) is 4.43. The number of nitrogens with zero attached hydrogens (tertiary/aromatic N) is 1. The van der Waals surface area contributed by atoms with Gasteiger partial charge < -0.3 is 10.6 Å². The summed E-state index contributed by atoms with van der Waals surface area (Å²) >= 11 is 0. The summed E-state index contributed by atoms with van der Waals surface area (Å²) in [6.07, 6.45) is 5.02. The van der Waals surface area contributed by atoms with E-state index >= 15 is 0 Å². The first-order chi connectivity index (χ1) is 8.33. The molecule has 0 radical (unpaired) electrons. The van der Waals surface area contributed by atoms with Gasteiger partial charge in [0.25, 0.3) is 0 Å². The van der Waals surface area contributed by atoms with Gasteiger partial charge in [0.1, 0.15) is 0 Å². The third-order valence-electron chi connectivity index (χ3n) is 3.93. The van der Waals surface area contributed by atoms with Gasteiger partial charge in [0.2, 0.25) is 0 Å². The molecule has 1 aliphatic rings. The third-order valence-corrected chi connectivity index (χ3v) is 3.93. The Hall–Kier alpha value is -1.02. The molecule has 2 heteroatoms. The van der Waals surface area contributed by atoms with Crippen molar-refractivity contribution in [2.75, 3.05) is 24.5 Å². The quantitative estimate of drug-likeness (QED) is 0.865. The molecule has 0 amide bonds. The molecule has 0 aliphatic carbocycles. The fourth-order valence-corrected chi connectivity index (χ4v) is 2.64. The van der Waals surface area contributed by atoms with E-state index in [1.807, 2.05) is 0 Å². The lowest BCUT2D eigenvalue weighted by Gasteiger charge is -2.33. The highest BCUT2D eigenvalue weighted by Crippen LogP contribution is 2.25. The van der Waals surface area contributed by atoms with Crippen molar-refractivity contribution in [3.8, 4) is 0 Å². The van der Waals surface area contributed by atoms with E-state index in [2.05, 4.69) is 36.1 Å². The number of benzene rings is 1. The van der Waals surface area contributed by atoms with E-state index in [9.17, 15) is 0 Å². The summed E-state index contributed by atoms with van der Waals surface area (Å²) in [7, 11) is 0. The molecule has 1 aliphatic heterocycles. The van der Waals surface area contributed by atoms with Gasteiger partial charge >= 0.3 is 0 Å². The molecule has 0 aromatic heterocycles. The van der Waals surface area contributed by atoms with Gasteiger partial charge in [0.05, 0.1) is 0 Å². The SMILES string of the molecule is CCC1CCN(c2ccc(CCN)cc2)CC1. The van der Waals surface area contributed by atoms with Crippen LogP contribution in [0.5, 0.6) is 0 Å². The Morgan fingerprint density at radius 2 is 1.82 bits per heavy atom. The second-order valence-electron chi connectivity index (χ2n) is 5.04. The van der Waals surface area contributed by atoms with Crippen LogP contribution in [-0.4, -0.2) is 19.6 Å². The van der Waals surface area contributed by atoms with Crippen molar-refractivity contribution >= 4 is 5.69 Å². The summed E-state index contributed by atoms with van der Waals surface area (Å²) < 4.78 is 0. The summed E-state index contributed by atoms with van der Waals surface area (Å²) in [5.41, 5.74) is 8.28. The molecule has 0 spiro atoms. The van der Waals surface area contributed by atoms with Crippen molar-refractivity contribution in [1.29, 1.82) is 0 Å². The molecule has 1 heterocycles. The van der Waals surface area contributed by atoms with Crippen molar-refractivity contribution in [2.45, 2.75) is 32.6 Å². The van der Waals surface area contributed by atoms with E-state index in [0.717, 1.165) is 18.9 Å². The minimum absolute atomic E-state index is 0.737. The Morgan fingerprint density at radius 3 is 2.35 bits per heavy atom. The molecule has 2 nitrogen and oxygen atoms in total. The van der Waals surface area contributed by atoms with Crippen molar-refractivity contribution in [1.82, 2.24) is 0 Å². The zero-order chi connectivity index (χ0) is 12.1. The summed E-state index contributed by atoms with van der Waals surface area (Å²) in [4.78, 5) is 2.51. The van der Waals surface area contributed by atoms with Crippen LogP contribution in [0.15, 0.2) is 24.3 Å². The summed E-state index contributed by atoms with van der Waals surface area (Å²) in [6.45, 7) is 5.48. The Balaban J connectivity index is 1.94. The van der Waals surface area contributed by atoms with Gasteiger partial charge in [-0.3, -0.25) is 0 Å². The Morgan fingerprint density at radius 1 is 1.18 bits per heavy atom. The van der Waals surface area contributed by atoms with Crippen molar-refractivity contribution in [3.63, 3.8) is 0 Å². The molecule has 0 saturated carbocycles. The first-order valence-corrected chi connectivity index (χ1v) is 6.87. The number of rotatable bonds is 4. The van der Waals surface area contributed by atoms with E-state index in [1.54, 1.807) is 0 Å². The summed E-state index contributed by atoms with van der Waals surface area (Å²) in [5.74, 6) is 0.947. The van der Waals surface area contributed by atoms with E-state index in [-0.39, 0.29) is 0 Å². The summed E-state index contributed by atoms with van der Waals surface area (Å²) in [5, 5.41) is 0. The standard InChI is InChI=1S/C15H24N2/c1-2-13-8-11-17(12-9-13)15-5-3-14(4-6-15)7-10-16/h3-6,13H,2,7-12,16H2,1H3. The lowest BCUT2D eigenvalue weighted by molar-refractivity contribution is 0.395. The summed E-state index contributed by atoms with van der Waals surface area (Å²) in [6, 6.07) is 8.93. The average Bonchev–Trinajstić information content (AvgIpc) is 2.40. The van der Waals surface area contributed by atoms with E-state index in [0.29, 0.717) is 0 Å². The maximum atomic E-state index is 5.56. The van der Waals surface area contributed by atoms with Crippen LogP contribution in [0.1, 0.15) is 31.7 Å². The number of anilines is 1. The molecule has 17 heavy (non-hydrogen) atoms. The lowest BCUT2D eigenvalue weighted by atomic mass is 9.94. The molecular formula is C15H24N2. The molecule has 1 saturated heterocycles. The van der Waals surface area contributed by atoms with Gasteiger partial charge in [0, 0.05) is 18.8 Å². The predicted octanol–water partition coefficient (Wildman–Crippen LogP) is 2.81. The highest BCUT2D eigenvalue weighted by atomic mass is 15.1. The van der Waals surface area contributed by atoms with Crippen LogP contribution >= 0.6 is 0 Å². The topological polar surface area (TPSA) is 29.3 Å². The van der Waals surface area contributed by atoms with Crippen LogP contribution in [0.2, 0.25) is 0 Å². The van der Waals surface area contributed by atoms with Crippen molar-refractivity contribution < 1.29 is 0 Å². The van der Waals surface area contributed by atoms with Crippen molar-refractivity contribution in [3.05, 3.63) is 29.8 Å². The van der Waals surface area contributed by atoms with Gasteiger partial charge in [-0.15, -0.1) is 0 Å². The molecule has 0 unspecified atom stereocenters. The first kappa shape index (κ1) is 12.4. The van der Waals surface area contributed by atoms with Gasteiger partial charge in [-0.1, -0.05) is 25.5 Å². The highest BCUT2D eigenvalue weighted by molar-refractivity contribution is 5.48. The normalized spacial score (nSPS) is 17.4. The molecule has 2 rings (SSSR count). The molecule has 1 aromatic carbocycles. The molecule has 2 N–H and O–H groups in total. The minimum atomic E-state index is 0.737. The Bertz CT molecular complexity index is 323. The largest absolute Gasteiger partial charge is 0.372 e. The number of nitrogens with two attached hydrogens (primary N) is 1. The molecule has 94 valence electrons. The number of piperidine rings is 1. The predicted molar refractivity (Wildman–Crippen MR) is 74.4 cm³/mol. The van der Waals surface area contributed by atoms with Crippen LogP contribution in [0.25, 0.3) is 0 Å². The monoisotopic (exact) mass is 232 g/mol. The van der Waals surface area contributed by atoms with Crippen LogP contribution in [0.4, 0.5) is 5.69 Å². The van der Waals surface area contributed by atoms with Gasteiger partial charge in [-0.05, 0) is 49.4 Å². The van der Waals surface area contributed by atoms with Crippen LogP contribution in [0.3, 0.4) is 0 Å². The second kappa shape index (κ2) is 6.06. The van der Waals surface area contributed by atoms with Crippen molar-refractivity contribution in [2.24, 2.45) is 11.7 Å². The molecule has 1 fully saturated rings. The molecular weight excluding hydrogens is 208 g/mol. The van der Waals surface area contributed by atoms with Gasteiger partial charge in [0.15, 0.2) is 0 Å². The fraction of sp³-hybridized carbons (Fsp3) is 0.600.